The van der Waals surface area contributed by atoms with Crippen LogP contribution in [0.25, 0.3) is 0 Å². The Morgan fingerprint density at radius 1 is 1.57 bits per heavy atom. The third-order valence-corrected chi connectivity index (χ3v) is 4.20. The van der Waals surface area contributed by atoms with E-state index in [4.69, 9.17) is 0 Å². The van der Waals surface area contributed by atoms with Crippen molar-refractivity contribution in [3.8, 4) is 0 Å². The highest BCUT2D eigenvalue weighted by Crippen LogP contribution is 2.31. The summed E-state index contributed by atoms with van der Waals surface area (Å²) in [5.74, 6) is -0.545. The lowest BCUT2D eigenvalue weighted by Crippen LogP contribution is -2.25. The van der Waals surface area contributed by atoms with Gasteiger partial charge in [0.05, 0.1) is 10.6 Å². The molecule has 21 heavy (non-hydrogen) atoms. The van der Waals surface area contributed by atoms with Crippen LogP contribution in [-0.2, 0) is 9.59 Å². The Kier molecular flexibility index (Phi) is 4.56. The first-order valence-electron chi connectivity index (χ1n) is 6.26. The standard InChI is InChI=1S/C13H13FN2O4S/c1-8(17)21-7-9-4-13(18)15(6-9)12-5-10(16(19)20)2-3-11(12)14/h2-3,5,9H,4,6-7H2,1H3. The monoisotopic (exact) mass is 312 g/mol. The van der Waals surface area contributed by atoms with E-state index in [1.807, 2.05) is 0 Å². The predicted molar refractivity (Wildman–Crippen MR) is 76.7 cm³/mol. The van der Waals surface area contributed by atoms with Gasteiger partial charge in [-0.1, -0.05) is 11.8 Å². The molecule has 1 atom stereocenters. The molecule has 0 saturated carbocycles. The molecule has 0 aliphatic carbocycles. The number of carbonyl (C=O) groups is 2. The lowest BCUT2D eigenvalue weighted by molar-refractivity contribution is -0.384. The molecule has 0 aromatic heterocycles. The number of amides is 1. The number of halogens is 1. The van der Waals surface area contributed by atoms with E-state index in [0.29, 0.717) is 5.75 Å². The number of nitro groups is 1. The summed E-state index contributed by atoms with van der Waals surface area (Å²) in [5, 5.41) is 10.7. The molecule has 1 fully saturated rings. The van der Waals surface area contributed by atoms with E-state index in [2.05, 4.69) is 0 Å². The summed E-state index contributed by atoms with van der Waals surface area (Å²) in [6, 6.07) is 3.11. The van der Waals surface area contributed by atoms with E-state index in [1.165, 1.54) is 11.8 Å². The van der Waals surface area contributed by atoms with Crippen LogP contribution in [0.1, 0.15) is 13.3 Å². The minimum Gasteiger partial charge on any atom is -0.309 e. The Bertz CT molecular complexity index is 608. The van der Waals surface area contributed by atoms with Crippen LogP contribution in [0.15, 0.2) is 18.2 Å². The Balaban J connectivity index is 2.18. The second kappa shape index (κ2) is 6.21. The summed E-state index contributed by atoms with van der Waals surface area (Å²) < 4.78 is 13.8. The van der Waals surface area contributed by atoms with E-state index in [0.717, 1.165) is 30.0 Å². The lowest BCUT2D eigenvalue weighted by atomic mass is 10.1. The van der Waals surface area contributed by atoms with Gasteiger partial charge in [0, 0.05) is 37.8 Å². The molecule has 8 heteroatoms. The van der Waals surface area contributed by atoms with E-state index in [9.17, 15) is 24.1 Å². The number of rotatable bonds is 4. The Labute approximate surface area is 124 Å². The molecule has 1 aromatic carbocycles. The van der Waals surface area contributed by atoms with Crippen molar-refractivity contribution in [1.29, 1.82) is 0 Å². The van der Waals surface area contributed by atoms with E-state index < -0.39 is 10.7 Å². The molecule has 0 bridgehead atoms. The smallest absolute Gasteiger partial charge is 0.271 e. The average molecular weight is 312 g/mol. The third-order valence-electron chi connectivity index (χ3n) is 3.16. The average Bonchev–Trinajstić information content (AvgIpc) is 2.78. The van der Waals surface area contributed by atoms with Crippen molar-refractivity contribution in [3.05, 3.63) is 34.1 Å². The van der Waals surface area contributed by atoms with Gasteiger partial charge in [-0.25, -0.2) is 4.39 Å². The van der Waals surface area contributed by atoms with Gasteiger partial charge < -0.3 is 4.90 Å². The molecule has 0 N–H and O–H groups in total. The Morgan fingerprint density at radius 2 is 2.29 bits per heavy atom. The van der Waals surface area contributed by atoms with Crippen LogP contribution in [0.5, 0.6) is 0 Å². The van der Waals surface area contributed by atoms with Crippen molar-refractivity contribution in [2.24, 2.45) is 5.92 Å². The molecular weight excluding hydrogens is 299 g/mol. The maximum atomic E-state index is 13.8. The first-order valence-corrected chi connectivity index (χ1v) is 7.24. The first kappa shape index (κ1) is 15.4. The maximum Gasteiger partial charge on any atom is 0.271 e. The van der Waals surface area contributed by atoms with Gasteiger partial charge in [0.2, 0.25) is 5.91 Å². The Morgan fingerprint density at radius 3 is 2.90 bits per heavy atom. The number of non-ortho nitro benzene ring substituents is 1. The highest BCUT2D eigenvalue weighted by molar-refractivity contribution is 8.13. The predicted octanol–water partition coefficient (Wildman–Crippen LogP) is 2.37. The summed E-state index contributed by atoms with van der Waals surface area (Å²) in [7, 11) is 0. The van der Waals surface area contributed by atoms with Gasteiger partial charge in [0.25, 0.3) is 5.69 Å². The fraction of sp³-hybridized carbons (Fsp3) is 0.385. The first-order chi connectivity index (χ1) is 9.88. The fourth-order valence-electron chi connectivity index (χ4n) is 2.18. The lowest BCUT2D eigenvalue weighted by Gasteiger charge is -2.17. The van der Waals surface area contributed by atoms with Gasteiger partial charge in [-0.15, -0.1) is 0 Å². The number of nitro benzene ring substituents is 1. The fourth-order valence-corrected chi connectivity index (χ4v) is 2.88. The van der Waals surface area contributed by atoms with Gasteiger partial charge >= 0.3 is 0 Å². The van der Waals surface area contributed by atoms with Crippen LogP contribution < -0.4 is 4.90 Å². The van der Waals surface area contributed by atoms with Crippen molar-refractivity contribution >= 4 is 34.2 Å². The molecule has 0 radical (unpaired) electrons. The molecule has 1 amide bonds. The second-order valence-corrected chi connectivity index (χ2v) is 5.97. The van der Waals surface area contributed by atoms with Gasteiger partial charge in [-0.05, 0) is 12.0 Å². The van der Waals surface area contributed by atoms with E-state index in [-0.39, 0.29) is 41.3 Å². The molecular formula is C13H13FN2O4S. The summed E-state index contributed by atoms with van der Waals surface area (Å²) in [4.78, 5) is 34.2. The SMILES string of the molecule is CC(=O)SCC1CC(=O)N(c2cc([N+](=O)[O-])ccc2F)C1. The number of thioether (sulfide) groups is 1. The number of hydrogen-bond acceptors (Lipinski definition) is 5. The van der Waals surface area contributed by atoms with Gasteiger partial charge in [-0.2, -0.15) is 0 Å². The summed E-state index contributed by atoms with van der Waals surface area (Å²) >= 11 is 1.12. The largest absolute Gasteiger partial charge is 0.309 e. The van der Waals surface area contributed by atoms with Crippen LogP contribution in [-0.4, -0.2) is 28.2 Å². The zero-order chi connectivity index (χ0) is 15.6. The molecule has 0 spiro atoms. The van der Waals surface area contributed by atoms with Crippen LogP contribution in [0.4, 0.5) is 15.8 Å². The normalized spacial score (nSPS) is 18.1. The molecule has 1 aliphatic heterocycles. The van der Waals surface area contributed by atoms with Crippen LogP contribution in [0.2, 0.25) is 0 Å². The number of benzene rings is 1. The molecule has 1 aromatic rings. The quantitative estimate of drug-likeness (QED) is 0.630. The van der Waals surface area contributed by atoms with Crippen LogP contribution in [0.3, 0.4) is 0 Å². The third kappa shape index (κ3) is 3.57. The van der Waals surface area contributed by atoms with Crippen molar-refractivity contribution in [2.45, 2.75) is 13.3 Å². The molecule has 1 aliphatic rings. The van der Waals surface area contributed by atoms with Crippen LogP contribution in [0, 0.1) is 21.8 Å². The van der Waals surface area contributed by atoms with Crippen molar-refractivity contribution in [3.63, 3.8) is 0 Å². The minimum absolute atomic E-state index is 0.0394. The maximum absolute atomic E-state index is 13.8. The Hall–Kier alpha value is -1.96. The molecule has 2 rings (SSSR count). The highest BCUT2D eigenvalue weighted by Gasteiger charge is 2.33. The minimum atomic E-state index is -0.672. The van der Waals surface area contributed by atoms with Crippen LogP contribution >= 0.6 is 11.8 Å². The molecule has 1 heterocycles. The molecule has 6 nitrogen and oxygen atoms in total. The molecule has 112 valence electrons. The van der Waals surface area contributed by atoms with E-state index >= 15 is 0 Å². The van der Waals surface area contributed by atoms with Gasteiger partial charge in [0.1, 0.15) is 5.82 Å². The highest BCUT2D eigenvalue weighted by atomic mass is 32.2. The topological polar surface area (TPSA) is 80.5 Å². The second-order valence-electron chi connectivity index (χ2n) is 4.77. The number of carbonyl (C=O) groups excluding carboxylic acids is 2. The van der Waals surface area contributed by atoms with Gasteiger partial charge in [0.15, 0.2) is 5.12 Å². The summed E-state index contributed by atoms with van der Waals surface area (Å²) in [6.45, 7) is 1.70. The zero-order valence-electron chi connectivity index (χ0n) is 11.2. The zero-order valence-corrected chi connectivity index (χ0v) is 12.1. The van der Waals surface area contributed by atoms with Crippen molar-refractivity contribution in [2.75, 3.05) is 17.2 Å². The molecule has 1 saturated heterocycles. The van der Waals surface area contributed by atoms with Crippen molar-refractivity contribution < 1.29 is 18.9 Å². The van der Waals surface area contributed by atoms with Gasteiger partial charge in [-0.3, -0.25) is 19.7 Å². The summed E-state index contributed by atoms with van der Waals surface area (Å²) in [5.41, 5.74) is -0.342. The number of anilines is 1. The number of nitrogens with zero attached hydrogens (tertiary/aromatic N) is 2. The molecule has 1 unspecified atom stereocenters. The van der Waals surface area contributed by atoms with Crippen molar-refractivity contribution in [1.82, 2.24) is 0 Å². The van der Waals surface area contributed by atoms with E-state index in [1.54, 1.807) is 0 Å². The number of hydrogen-bond donors (Lipinski definition) is 0. The summed E-state index contributed by atoms with van der Waals surface area (Å²) in [6.07, 6.45) is 0.211.